The van der Waals surface area contributed by atoms with Crippen molar-refractivity contribution in [3.05, 3.63) is 60.3 Å². The van der Waals surface area contributed by atoms with Crippen molar-refractivity contribution in [2.45, 2.75) is 6.92 Å². The monoisotopic (exact) mass is 237 g/mol. The van der Waals surface area contributed by atoms with Gasteiger partial charge in [-0.3, -0.25) is 0 Å². The first-order valence-corrected chi connectivity index (χ1v) is 6.01. The first kappa shape index (κ1) is 10.9. The second kappa shape index (κ2) is 4.22. The van der Waals surface area contributed by atoms with Crippen molar-refractivity contribution in [1.82, 2.24) is 4.73 Å². The van der Waals surface area contributed by atoms with E-state index in [2.05, 4.69) is 49.4 Å². The van der Waals surface area contributed by atoms with Crippen molar-refractivity contribution in [3.63, 3.8) is 0 Å². The average molecular weight is 237 g/mol. The molecule has 0 radical (unpaired) electrons. The third-order valence-corrected chi connectivity index (χ3v) is 3.21. The van der Waals surface area contributed by atoms with E-state index in [9.17, 15) is 0 Å². The number of aromatic nitrogens is 1. The van der Waals surface area contributed by atoms with Gasteiger partial charge in [0.05, 0.1) is 11.7 Å². The van der Waals surface area contributed by atoms with Gasteiger partial charge < -0.3 is 4.84 Å². The molecule has 3 rings (SSSR count). The van der Waals surface area contributed by atoms with Gasteiger partial charge in [-0.05, 0) is 24.6 Å². The molecule has 0 unspecified atom stereocenters. The van der Waals surface area contributed by atoms with Crippen LogP contribution in [-0.4, -0.2) is 11.8 Å². The Balaban J connectivity index is 2.32. The Kier molecular flexibility index (Phi) is 2.56. The molecule has 0 saturated heterocycles. The van der Waals surface area contributed by atoms with E-state index in [1.54, 1.807) is 7.11 Å². The average Bonchev–Trinajstić information content (AvgIpc) is 2.77. The Morgan fingerprint density at radius 1 is 1.00 bits per heavy atom. The topological polar surface area (TPSA) is 14.2 Å². The summed E-state index contributed by atoms with van der Waals surface area (Å²) in [5.74, 6) is 0. The molecule has 90 valence electrons. The second-order valence-corrected chi connectivity index (χ2v) is 4.44. The standard InChI is InChI=1S/C16H15NO/c1-12-8-9-16-14(10-12)15(11-17(16)18-2)13-6-4-3-5-7-13/h3-11H,1-2H3. The predicted octanol–water partition coefficient (Wildman–Crippen LogP) is 3.68. The Bertz CT molecular complexity index is 683. The molecule has 0 aliphatic rings. The van der Waals surface area contributed by atoms with Gasteiger partial charge in [-0.15, -0.1) is 0 Å². The van der Waals surface area contributed by atoms with Crippen LogP contribution in [0.15, 0.2) is 54.7 Å². The van der Waals surface area contributed by atoms with Crippen LogP contribution in [0, 0.1) is 6.92 Å². The third-order valence-electron chi connectivity index (χ3n) is 3.21. The van der Waals surface area contributed by atoms with Gasteiger partial charge >= 0.3 is 0 Å². The van der Waals surface area contributed by atoms with Gasteiger partial charge in [0.15, 0.2) is 0 Å². The highest BCUT2D eigenvalue weighted by Gasteiger charge is 2.10. The quantitative estimate of drug-likeness (QED) is 0.663. The number of hydrogen-bond acceptors (Lipinski definition) is 1. The van der Waals surface area contributed by atoms with Gasteiger partial charge in [-0.2, -0.15) is 4.73 Å². The van der Waals surface area contributed by atoms with Crippen molar-refractivity contribution in [1.29, 1.82) is 0 Å². The van der Waals surface area contributed by atoms with Gasteiger partial charge in [0, 0.05) is 10.9 Å². The van der Waals surface area contributed by atoms with Gasteiger partial charge in [0.1, 0.15) is 7.11 Å². The second-order valence-electron chi connectivity index (χ2n) is 4.44. The maximum atomic E-state index is 5.39. The van der Waals surface area contributed by atoms with Gasteiger partial charge in [-0.1, -0.05) is 42.0 Å². The molecular formula is C16H15NO. The molecular weight excluding hydrogens is 222 g/mol. The van der Waals surface area contributed by atoms with Crippen LogP contribution in [0.25, 0.3) is 22.0 Å². The molecule has 3 aromatic rings. The molecule has 0 saturated carbocycles. The minimum atomic E-state index is 1.10. The van der Waals surface area contributed by atoms with E-state index in [-0.39, 0.29) is 0 Å². The fourth-order valence-corrected chi connectivity index (χ4v) is 2.31. The highest BCUT2D eigenvalue weighted by Crippen LogP contribution is 2.30. The lowest BCUT2D eigenvalue weighted by atomic mass is 10.0. The van der Waals surface area contributed by atoms with Gasteiger partial charge in [0.25, 0.3) is 0 Å². The molecule has 2 aromatic carbocycles. The zero-order chi connectivity index (χ0) is 12.5. The largest absolute Gasteiger partial charge is 0.417 e. The maximum Gasteiger partial charge on any atom is 0.104 e. The summed E-state index contributed by atoms with van der Waals surface area (Å²) in [7, 11) is 1.69. The molecule has 0 N–H and O–H groups in total. The van der Waals surface area contributed by atoms with Crippen LogP contribution in [0.2, 0.25) is 0 Å². The first-order valence-electron chi connectivity index (χ1n) is 6.01. The summed E-state index contributed by atoms with van der Waals surface area (Å²) in [4.78, 5) is 5.39. The summed E-state index contributed by atoms with van der Waals surface area (Å²) in [6.07, 6.45) is 2.04. The Morgan fingerprint density at radius 2 is 1.78 bits per heavy atom. The van der Waals surface area contributed by atoms with Crippen LogP contribution in [0.5, 0.6) is 0 Å². The number of fused-ring (bicyclic) bond motifs is 1. The van der Waals surface area contributed by atoms with Crippen molar-refractivity contribution in [3.8, 4) is 11.1 Å². The molecule has 0 aliphatic heterocycles. The molecule has 0 amide bonds. The molecule has 0 bridgehead atoms. The van der Waals surface area contributed by atoms with E-state index in [0.29, 0.717) is 0 Å². The normalized spacial score (nSPS) is 10.8. The SMILES string of the molecule is COn1cc(-c2ccccc2)c2cc(C)ccc21. The van der Waals surface area contributed by atoms with Crippen LogP contribution >= 0.6 is 0 Å². The summed E-state index contributed by atoms with van der Waals surface area (Å²) in [6.45, 7) is 2.11. The predicted molar refractivity (Wildman–Crippen MR) is 74.6 cm³/mol. The van der Waals surface area contributed by atoms with E-state index >= 15 is 0 Å². The summed E-state index contributed by atoms with van der Waals surface area (Å²) in [5.41, 5.74) is 4.77. The van der Waals surface area contributed by atoms with Crippen LogP contribution in [0.1, 0.15) is 5.56 Å². The van der Waals surface area contributed by atoms with Crippen molar-refractivity contribution in [2.24, 2.45) is 0 Å². The Hall–Kier alpha value is -2.22. The number of benzene rings is 2. The van der Waals surface area contributed by atoms with Crippen molar-refractivity contribution in [2.75, 3.05) is 7.11 Å². The van der Waals surface area contributed by atoms with Crippen LogP contribution < -0.4 is 4.84 Å². The summed E-state index contributed by atoms with van der Waals surface area (Å²) >= 11 is 0. The summed E-state index contributed by atoms with van der Waals surface area (Å²) in [5, 5.41) is 1.23. The number of hydrogen-bond donors (Lipinski definition) is 0. The van der Waals surface area contributed by atoms with Gasteiger partial charge in [-0.25, -0.2) is 0 Å². The Morgan fingerprint density at radius 3 is 2.50 bits per heavy atom. The highest BCUT2D eigenvalue weighted by atomic mass is 16.6. The zero-order valence-corrected chi connectivity index (χ0v) is 10.6. The van der Waals surface area contributed by atoms with E-state index in [1.165, 1.54) is 22.1 Å². The lowest BCUT2D eigenvalue weighted by Gasteiger charge is -2.01. The van der Waals surface area contributed by atoms with Gasteiger partial charge in [0.2, 0.25) is 0 Å². The highest BCUT2D eigenvalue weighted by molar-refractivity contribution is 5.96. The number of rotatable bonds is 2. The number of aryl methyl sites for hydroxylation is 1. The molecule has 0 atom stereocenters. The van der Waals surface area contributed by atoms with Crippen LogP contribution in [-0.2, 0) is 0 Å². The molecule has 1 aromatic heterocycles. The summed E-state index contributed by atoms with van der Waals surface area (Å²) < 4.78 is 1.82. The number of nitrogens with zero attached hydrogens (tertiary/aromatic N) is 1. The third kappa shape index (κ3) is 1.66. The maximum absolute atomic E-state index is 5.39. The molecule has 0 spiro atoms. The molecule has 18 heavy (non-hydrogen) atoms. The van der Waals surface area contributed by atoms with Crippen LogP contribution in [0.3, 0.4) is 0 Å². The van der Waals surface area contributed by atoms with Crippen molar-refractivity contribution < 1.29 is 4.84 Å². The lowest BCUT2D eigenvalue weighted by Crippen LogP contribution is -2.02. The molecule has 2 heteroatoms. The minimum absolute atomic E-state index is 1.10. The lowest BCUT2D eigenvalue weighted by molar-refractivity contribution is 0.179. The van der Waals surface area contributed by atoms with E-state index in [1.807, 2.05) is 17.0 Å². The first-order chi connectivity index (χ1) is 8.79. The fourth-order valence-electron chi connectivity index (χ4n) is 2.31. The van der Waals surface area contributed by atoms with Crippen LogP contribution in [0.4, 0.5) is 0 Å². The molecule has 0 aliphatic carbocycles. The minimum Gasteiger partial charge on any atom is -0.417 e. The smallest absolute Gasteiger partial charge is 0.104 e. The molecule has 1 heterocycles. The van der Waals surface area contributed by atoms with E-state index in [4.69, 9.17) is 4.84 Å². The molecule has 2 nitrogen and oxygen atoms in total. The fraction of sp³-hybridized carbons (Fsp3) is 0.125. The van der Waals surface area contributed by atoms with E-state index in [0.717, 1.165) is 5.52 Å². The van der Waals surface area contributed by atoms with Crippen molar-refractivity contribution >= 4 is 10.9 Å². The zero-order valence-electron chi connectivity index (χ0n) is 10.6. The molecule has 0 fully saturated rings. The Labute approximate surface area is 106 Å². The van der Waals surface area contributed by atoms with E-state index < -0.39 is 0 Å². The summed E-state index contributed by atoms with van der Waals surface area (Å²) in [6, 6.07) is 16.8.